The second-order valence-electron chi connectivity index (χ2n) is 9.36. The zero-order valence-corrected chi connectivity index (χ0v) is 18.8. The van der Waals surface area contributed by atoms with Gasteiger partial charge in [-0.1, -0.05) is 39.0 Å². The molecule has 0 saturated heterocycles. The summed E-state index contributed by atoms with van der Waals surface area (Å²) in [4.78, 5) is 15.7. The summed E-state index contributed by atoms with van der Waals surface area (Å²) in [6.45, 7) is 11.4. The Morgan fingerprint density at radius 1 is 1.21 bits per heavy atom. The smallest absolute Gasteiger partial charge is 0.180 e. The number of methoxy groups -OCH3 is 1. The Bertz CT molecular complexity index is 699. The molecule has 0 aromatic heterocycles. The second-order valence-corrected chi connectivity index (χ2v) is 9.36. The molecule has 2 aliphatic rings. The number of Topliss-reactive ketones (excluding diaryl/α,β-unsaturated/α-hetero) is 1. The predicted molar refractivity (Wildman–Crippen MR) is 117 cm³/mol. The standard InChI is InChI=1S/C24H38N2O3/c1-17-22(26(4)16-18-6-7-18)23(27)20-9-8-19(14-21(20)24(17,2)3)15-25-10-11-29-13-12-28-5/h8-9,14,17-18,22,25H,6-7,10-13,15-16H2,1-5H3/t17-,22?/m0/s1. The van der Waals surface area contributed by atoms with E-state index in [4.69, 9.17) is 9.47 Å². The van der Waals surface area contributed by atoms with Gasteiger partial charge in [-0.15, -0.1) is 0 Å². The first kappa shape index (κ1) is 22.4. The number of likely N-dealkylation sites (N-methyl/N-ethyl adjacent to an activating group) is 1. The van der Waals surface area contributed by atoms with E-state index >= 15 is 0 Å². The van der Waals surface area contributed by atoms with Crippen LogP contribution >= 0.6 is 0 Å². The summed E-state index contributed by atoms with van der Waals surface area (Å²) >= 11 is 0. The van der Waals surface area contributed by atoms with E-state index in [2.05, 4.69) is 56.2 Å². The van der Waals surface area contributed by atoms with Crippen molar-refractivity contribution >= 4 is 5.78 Å². The topological polar surface area (TPSA) is 50.8 Å². The summed E-state index contributed by atoms with van der Waals surface area (Å²) in [5.41, 5.74) is 3.29. The van der Waals surface area contributed by atoms with E-state index in [-0.39, 0.29) is 17.4 Å². The lowest BCUT2D eigenvalue weighted by atomic mass is 9.63. The Kier molecular flexibility index (Phi) is 7.49. The number of nitrogens with one attached hydrogen (secondary N) is 1. The molecule has 2 atom stereocenters. The summed E-state index contributed by atoms with van der Waals surface area (Å²) in [7, 11) is 3.81. The van der Waals surface area contributed by atoms with Gasteiger partial charge >= 0.3 is 0 Å². The van der Waals surface area contributed by atoms with Crippen molar-refractivity contribution in [2.75, 3.05) is 47.1 Å². The number of ketones is 1. The van der Waals surface area contributed by atoms with Crippen LogP contribution in [0.15, 0.2) is 18.2 Å². The van der Waals surface area contributed by atoms with Gasteiger partial charge in [-0.25, -0.2) is 0 Å². The fourth-order valence-electron chi connectivity index (χ4n) is 4.50. The van der Waals surface area contributed by atoms with Crippen LogP contribution < -0.4 is 5.32 Å². The van der Waals surface area contributed by atoms with Crippen LogP contribution in [-0.2, 0) is 21.4 Å². The Morgan fingerprint density at radius 3 is 2.66 bits per heavy atom. The molecule has 1 fully saturated rings. The van der Waals surface area contributed by atoms with Crippen LogP contribution in [0.2, 0.25) is 0 Å². The molecule has 29 heavy (non-hydrogen) atoms. The first-order chi connectivity index (χ1) is 13.9. The molecule has 0 aliphatic heterocycles. The largest absolute Gasteiger partial charge is 0.382 e. The maximum atomic E-state index is 13.4. The maximum Gasteiger partial charge on any atom is 0.180 e. The first-order valence-electron chi connectivity index (χ1n) is 11.0. The van der Waals surface area contributed by atoms with Gasteiger partial charge in [0.15, 0.2) is 5.78 Å². The molecule has 1 unspecified atom stereocenters. The van der Waals surface area contributed by atoms with Gasteiger partial charge in [0.1, 0.15) is 0 Å². The quantitative estimate of drug-likeness (QED) is 0.576. The minimum Gasteiger partial charge on any atom is -0.382 e. The zero-order valence-electron chi connectivity index (χ0n) is 18.8. The van der Waals surface area contributed by atoms with Crippen molar-refractivity contribution < 1.29 is 14.3 Å². The summed E-state index contributed by atoms with van der Waals surface area (Å²) in [6, 6.07) is 6.36. The van der Waals surface area contributed by atoms with Crippen molar-refractivity contribution in [2.45, 2.75) is 51.6 Å². The Balaban J connectivity index is 1.66. The van der Waals surface area contributed by atoms with E-state index < -0.39 is 0 Å². The Labute approximate surface area is 176 Å². The van der Waals surface area contributed by atoms with E-state index in [1.165, 1.54) is 24.0 Å². The highest BCUT2D eigenvalue weighted by Gasteiger charge is 2.46. The van der Waals surface area contributed by atoms with Crippen LogP contribution in [0.5, 0.6) is 0 Å². The predicted octanol–water partition coefficient (Wildman–Crippen LogP) is 3.26. The lowest BCUT2D eigenvalue weighted by Gasteiger charge is -2.46. The Hall–Kier alpha value is -1.27. The van der Waals surface area contributed by atoms with Crippen LogP contribution in [0.4, 0.5) is 0 Å². The summed E-state index contributed by atoms with van der Waals surface area (Å²) < 4.78 is 10.5. The number of benzene rings is 1. The number of ether oxygens (including phenoxy) is 2. The molecular weight excluding hydrogens is 364 g/mol. The van der Waals surface area contributed by atoms with Gasteiger partial charge in [-0.05, 0) is 48.3 Å². The molecule has 5 heteroatoms. The van der Waals surface area contributed by atoms with Crippen molar-refractivity contribution in [1.29, 1.82) is 0 Å². The average Bonchev–Trinajstić information content (AvgIpc) is 3.50. The normalized spacial score (nSPS) is 23.4. The second kappa shape index (κ2) is 9.69. The third-order valence-corrected chi connectivity index (χ3v) is 6.83. The van der Waals surface area contributed by atoms with Crippen molar-refractivity contribution in [1.82, 2.24) is 10.2 Å². The number of hydrogen-bond donors (Lipinski definition) is 1. The summed E-state index contributed by atoms with van der Waals surface area (Å²) in [6.07, 6.45) is 2.63. The van der Waals surface area contributed by atoms with Gasteiger partial charge < -0.3 is 14.8 Å². The fourth-order valence-corrected chi connectivity index (χ4v) is 4.50. The van der Waals surface area contributed by atoms with E-state index in [1.54, 1.807) is 7.11 Å². The molecule has 1 aromatic rings. The van der Waals surface area contributed by atoms with Gasteiger partial charge in [-0.3, -0.25) is 9.69 Å². The van der Waals surface area contributed by atoms with Gasteiger partial charge in [0, 0.05) is 32.3 Å². The molecular formula is C24H38N2O3. The molecule has 0 spiro atoms. The number of hydrogen-bond acceptors (Lipinski definition) is 5. The molecule has 3 rings (SSSR count). The fraction of sp³-hybridized carbons (Fsp3) is 0.708. The summed E-state index contributed by atoms with van der Waals surface area (Å²) in [5, 5.41) is 3.43. The van der Waals surface area contributed by atoms with Crippen LogP contribution in [0.25, 0.3) is 0 Å². The van der Waals surface area contributed by atoms with E-state index in [9.17, 15) is 4.79 Å². The molecule has 1 aromatic carbocycles. The highest BCUT2D eigenvalue weighted by molar-refractivity contribution is 6.03. The van der Waals surface area contributed by atoms with Gasteiger partial charge in [-0.2, -0.15) is 0 Å². The summed E-state index contributed by atoms with van der Waals surface area (Å²) in [5.74, 6) is 1.36. The molecule has 0 amide bonds. The lowest BCUT2D eigenvalue weighted by Crippen LogP contribution is -2.53. The molecule has 0 heterocycles. The monoisotopic (exact) mass is 402 g/mol. The van der Waals surface area contributed by atoms with Crippen LogP contribution in [0.3, 0.4) is 0 Å². The van der Waals surface area contributed by atoms with Crippen molar-refractivity contribution in [3.05, 3.63) is 34.9 Å². The molecule has 2 aliphatic carbocycles. The lowest BCUT2D eigenvalue weighted by molar-refractivity contribution is 0.0649. The van der Waals surface area contributed by atoms with E-state index in [0.717, 1.165) is 31.1 Å². The van der Waals surface area contributed by atoms with Crippen LogP contribution in [-0.4, -0.2) is 63.8 Å². The molecule has 0 radical (unpaired) electrons. The van der Waals surface area contributed by atoms with E-state index in [1.807, 2.05) is 0 Å². The Morgan fingerprint density at radius 2 is 1.97 bits per heavy atom. The molecule has 162 valence electrons. The number of fused-ring (bicyclic) bond motifs is 1. The minimum atomic E-state index is -0.0367. The third-order valence-electron chi connectivity index (χ3n) is 6.83. The van der Waals surface area contributed by atoms with Gasteiger partial charge in [0.2, 0.25) is 0 Å². The SMILES string of the molecule is COCCOCCNCc1ccc2c(c1)C(C)(C)[C@@H](C)C(N(C)CC1CC1)C2=O. The third kappa shape index (κ3) is 5.26. The number of nitrogens with zero attached hydrogens (tertiary/aromatic N) is 1. The molecule has 1 saturated carbocycles. The molecule has 5 nitrogen and oxygen atoms in total. The number of carbonyl (C=O) groups excluding carboxylic acids is 1. The van der Waals surface area contributed by atoms with Crippen molar-refractivity contribution in [2.24, 2.45) is 11.8 Å². The zero-order chi connectivity index (χ0) is 21.0. The van der Waals surface area contributed by atoms with Gasteiger partial charge in [0.05, 0.1) is 25.9 Å². The van der Waals surface area contributed by atoms with Crippen molar-refractivity contribution in [3.63, 3.8) is 0 Å². The van der Waals surface area contributed by atoms with E-state index in [0.29, 0.717) is 25.6 Å². The van der Waals surface area contributed by atoms with Gasteiger partial charge in [0.25, 0.3) is 0 Å². The van der Waals surface area contributed by atoms with Crippen LogP contribution in [0.1, 0.15) is 55.1 Å². The van der Waals surface area contributed by atoms with Crippen LogP contribution in [0, 0.1) is 11.8 Å². The average molecular weight is 403 g/mol. The molecule has 0 bridgehead atoms. The van der Waals surface area contributed by atoms with Crippen molar-refractivity contribution in [3.8, 4) is 0 Å². The number of rotatable bonds is 11. The highest BCUT2D eigenvalue weighted by Crippen LogP contribution is 2.43. The number of carbonyl (C=O) groups is 1. The molecule has 1 N–H and O–H groups in total. The highest BCUT2D eigenvalue weighted by atomic mass is 16.5. The minimum absolute atomic E-state index is 0.0219. The maximum absolute atomic E-state index is 13.4. The first-order valence-corrected chi connectivity index (χ1v) is 11.0.